The first-order valence-electron chi connectivity index (χ1n) is 3.62. The molecule has 3 heteroatoms. The number of nitrogens with zero attached hydrogens (tertiary/aromatic N) is 1. The van der Waals surface area contributed by atoms with Gasteiger partial charge in [-0.15, -0.1) is 4.91 Å². The van der Waals surface area contributed by atoms with Gasteiger partial charge >= 0.3 is 5.91 Å². The molecule has 3 nitrogen and oxygen atoms in total. The van der Waals surface area contributed by atoms with Gasteiger partial charge in [0.05, 0.1) is 0 Å². The zero-order valence-electron chi connectivity index (χ0n) is 7.13. The van der Waals surface area contributed by atoms with E-state index in [1.807, 2.05) is 13.8 Å². The molecule has 0 aliphatic heterocycles. The van der Waals surface area contributed by atoms with Crippen molar-refractivity contribution in [2.45, 2.75) is 27.2 Å². The van der Waals surface area contributed by atoms with E-state index in [0.717, 1.165) is 6.42 Å². The Morgan fingerprint density at radius 1 is 1.55 bits per heavy atom. The van der Waals surface area contributed by atoms with Gasteiger partial charge in [-0.05, 0) is 19.3 Å². The minimum Gasteiger partial charge on any atom is -0.264 e. The lowest BCUT2D eigenvalue weighted by Crippen LogP contribution is -1.94. The highest BCUT2D eigenvalue weighted by atomic mass is 16.3. The number of allylic oxidation sites excluding steroid dienone is 1. The molecule has 62 valence electrons. The zero-order chi connectivity index (χ0) is 8.85. The highest BCUT2D eigenvalue weighted by Crippen LogP contribution is 2.04. The van der Waals surface area contributed by atoms with Gasteiger partial charge in [-0.3, -0.25) is 4.79 Å². The highest BCUT2D eigenvalue weighted by molar-refractivity contribution is 5.93. The molecule has 0 aromatic carbocycles. The maximum atomic E-state index is 10.6. The fraction of sp³-hybridized carbons (Fsp3) is 0.625. The number of rotatable bonds is 3. The number of hydrogen-bond acceptors (Lipinski definition) is 2. The van der Waals surface area contributed by atoms with Crippen molar-refractivity contribution >= 4 is 5.91 Å². The van der Waals surface area contributed by atoms with Crippen LogP contribution in [0.1, 0.15) is 27.2 Å². The summed E-state index contributed by atoms with van der Waals surface area (Å²) in [5, 5.41) is 2.31. The SMILES string of the molecule is CC(=CCC(C)C)C(=O)N=O. The van der Waals surface area contributed by atoms with Gasteiger partial charge in [0.15, 0.2) is 0 Å². The molecule has 0 saturated heterocycles. The lowest BCUT2D eigenvalue weighted by molar-refractivity contribution is -0.114. The fourth-order valence-electron chi connectivity index (χ4n) is 0.572. The summed E-state index contributed by atoms with van der Waals surface area (Å²) < 4.78 is 0. The van der Waals surface area contributed by atoms with Crippen LogP contribution in [0.25, 0.3) is 0 Å². The molecule has 0 aromatic heterocycles. The second-order valence-corrected chi connectivity index (χ2v) is 2.91. The smallest absolute Gasteiger partial charge is 0.264 e. The molecule has 0 N–H and O–H groups in total. The van der Waals surface area contributed by atoms with E-state index in [2.05, 4.69) is 5.18 Å². The van der Waals surface area contributed by atoms with Crippen molar-refractivity contribution in [3.8, 4) is 0 Å². The third kappa shape index (κ3) is 4.42. The van der Waals surface area contributed by atoms with Gasteiger partial charge in [-0.25, -0.2) is 0 Å². The molecule has 0 rings (SSSR count). The molecule has 0 radical (unpaired) electrons. The second kappa shape index (κ2) is 4.77. The average Bonchev–Trinajstić information content (AvgIpc) is 1.98. The fourth-order valence-corrected chi connectivity index (χ4v) is 0.572. The van der Waals surface area contributed by atoms with Crippen molar-refractivity contribution in [3.05, 3.63) is 16.6 Å². The van der Waals surface area contributed by atoms with Crippen molar-refractivity contribution in [1.29, 1.82) is 0 Å². The molecule has 0 saturated carbocycles. The predicted octanol–water partition coefficient (Wildman–Crippen LogP) is 2.27. The first kappa shape index (κ1) is 10.0. The van der Waals surface area contributed by atoms with Gasteiger partial charge in [0.2, 0.25) is 0 Å². The van der Waals surface area contributed by atoms with E-state index in [0.29, 0.717) is 11.5 Å². The van der Waals surface area contributed by atoms with Gasteiger partial charge in [0.1, 0.15) is 0 Å². The van der Waals surface area contributed by atoms with Crippen LogP contribution in [0.5, 0.6) is 0 Å². The van der Waals surface area contributed by atoms with E-state index in [-0.39, 0.29) is 0 Å². The molecule has 0 unspecified atom stereocenters. The number of carbonyl (C=O) groups excluding carboxylic acids is 1. The second-order valence-electron chi connectivity index (χ2n) is 2.91. The molecule has 0 heterocycles. The minimum absolute atomic E-state index is 0.439. The third-order valence-corrected chi connectivity index (χ3v) is 1.32. The summed E-state index contributed by atoms with van der Waals surface area (Å²) in [5.41, 5.74) is 0.439. The Morgan fingerprint density at radius 2 is 2.09 bits per heavy atom. The normalized spacial score (nSPS) is 11.8. The largest absolute Gasteiger partial charge is 0.312 e. The van der Waals surface area contributed by atoms with E-state index in [1.54, 1.807) is 13.0 Å². The molecular formula is C8H13NO2. The molecule has 0 fully saturated rings. The van der Waals surface area contributed by atoms with Crippen molar-refractivity contribution < 1.29 is 4.79 Å². The van der Waals surface area contributed by atoms with Gasteiger partial charge < -0.3 is 0 Å². The molecule has 0 aliphatic rings. The van der Waals surface area contributed by atoms with Gasteiger partial charge in [0, 0.05) is 10.7 Å². The summed E-state index contributed by atoms with van der Waals surface area (Å²) in [6.45, 7) is 5.69. The van der Waals surface area contributed by atoms with Crippen LogP contribution in [0.2, 0.25) is 0 Å². The van der Waals surface area contributed by atoms with Crippen LogP contribution in [-0.2, 0) is 4.79 Å². The summed E-state index contributed by atoms with van der Waals surface area (Å²) in [5.74, 6) is -0.157. The topological polar surface area (TPSA) is 46.5 Å². The maximum Gasteiger partial charge on any atom is 0.312 e. The van der Waals surface area contributed by atoms with Gasteiger partial charge in [-0.2, -0.15) is 0 Å². The quantitative estimate of drug-likeness (QED) is 0.463. The van der Waals surface area contributed by atoms with E-state index in [9.17, 15) is 9.70 Å². The first-order chi connectivity index (χ1) is 5.07. The molecule has 0 spiro atoms. The predicted molar refractivity (Wildman–Crippen MR) is 44.0 cm³/mol. The Balaban J connectivity index is 4.00. The minimum atomic E-state index is -0.661. The number of amides is 1. The Hall–Kier alpha value is -0.990. The molecule has 0 bridgehead atoms. The molecule has 1 amide bonds. The number of hydrogen-bond donors (Lipinski definition) is 0. The Morgan fingerprint density at radius 3 is 2.45 bits per heavy atom. The van der Waals surface area contributed by atoms with Crippen LogP contribution in [0.4, 0.5) is 0 Å². The monoisotopic (exact) mass is 155 g/mol. The lowest BCUT2D eigenvalue weighted by atomic mass is 10.1. The Labute approximate surface area is 66.5 Å². The van der Waals surface area contributed by atoms with Crippen LogP contribution in [-0.4, -0.2) is 5.91 Å². The van der Waals surface area contributed by atoms with E-state index < -0.39 is 5.91 Å². The van der Waals surface area contributed by atoms with Crippen molar-refractivity contribution in [3.63, 3.8) is 0 Å². The summed E-state index contributed by atoms with van der Waals surface area (Å²) in [4.78, 5) is 20.3. The number of carbonyl (C=O) groups is 1. The van der Waals surface area contributed by atoms with E-state index >= 15 is 0 Å². The van der Waals surface area contributed by atoms with Gasteiger partial charge in [0.25, 0.3) is 0 Å². The van der Waals surface area contributed by atoms with Crippen molar-refractivity contribution in [2.24, 2.45) is 11.1 Å². The first-order valence-corrected chi connectivity index (χ1v) is 3.62. The Bertz CT molecular complexity index is 183. The van der Waals surface area contributed by atoms with E-state index in [1.165, 1.54) is 0 Å². The Kier molecular flexibility index (Phi) is 4.34. The van der Waals surface area contributed by atoms with Crippen LogP contribution >= 0.6 is 0 Å². The van der Waals surface area contributed by atoms with E-state index in [4.69, 9.17) is 0 Å². The molecular weight excluding hydrogens is 142 g/mol. The van der Waals surface area contributed by atoms with Crippen molar-refractivity contribution in [2.75, 3.05) is 0 Å². The van der Waals surface area contributed by atoms with Crippen LogP contribution < -0.4 is 0 Å². The summed E-state index contributed by atoms with van der Waals surface area (Å²) in [7, 11) is 0. The van der Waals surface area contributed by atoms with Crippen LogP contribution in [0.15, 0.2) is 16.8 Å². The molecule has 0 aromatic rings. The summed E-state index contributed by atoms with van der Waals surface area (Å²) in [6.07, 6.45) is 2.56. The highest BCUT2D eigenvalue weighted by Gasteiger charge is 2.02. The van der Waals surface area contributed by atoms with Crippen LogP contribution in [0.3, 0.4) is 0 Å². The van der Waals surface area contributed by atoms with Crippen LogP contribution in [0, 0.1) is 10.8 Å². The molecule has 0 atom stereocenters. The third-order valence-electron chi connectivity index (χ3n) is 1.32. The zero-order valence-corrected chi connectivity index (χ0v) is 7.13. The maximum absolute atomic E-state index is 10.6. The summed E-state index contributed by atoms with van der Waals surface area (Å²) >= 11 is 0. The molecule has 0 aliphatic carbocycles. The summed E-state index contributed by atoms with van der Waals surface area (Å²) in [6, 6.07) is 0. The number of nitroso groups, excluding NO2 is 1. The standard InChI is InChI=1S/C8H13NO2/c1-6(2)4-5-7(3)8(10)9-11/h5-6H,4H2,1-3H3. The average molecular weight is 155 g/mol. The molecule has 11 heavy (non-hydrogen) atoms. The lowest BCUT2D eigenvalue weighted by Gasteiger charge is -1.97. The van der Waals surface area contributed by atoms with Gasteiger partial charge in [-0.1, -0.05) is 19.9 Å². The van der Waals surface area contributed by atoms with Crippen molar-refractivity contribution in [1.82, 2.24) is 0 Å².